The van der Waals surface area contributed by atoms with Crippen molar-refractivity contribution in [1.82, 2.24) is 0 Å². The Hall–Kier alpha value is -3.02. The van der Waals surface area contributed by atoms with Gasteiger partial charge in [-0.2, -0.15) is 0 Å². The average Bonchev–Trinajstić information content (AvgIpc) is 2.76. The first-order valence-corrected chi connectivity index (χ1v) is 10.4. The second-order valence-corrected chi connectivity index (χ2v) is 7.00. The minimum absolute atomic E-state index is 0.299. The summed E-state index contributed by atoms with van der Waals surface area (Å²) in [5.41, 5.74) is 2.19. The van der Waals surface area contributed by atoms with Crippen LogP contribution in [0, 0.1) is 0 Å². The molecule has 0 bridgehead atoms. The van der Waals surface area contributed by atoms with Crippen LogP contribution in [0.3, 0.4) is 0 Å². The van der Waals surface area contributed by atoms with Crippen LogP contribution in [0.25, 0.3) is 0 Å². The number of benzene rings is 2. The SMILES string of the molecule is CCCOc1ccc(C(=O)OCC(=O)Nc2ccc([C@@H](C)CC)cc2)cc1OCC. The van der Waals surface area contributed by atoms with Crippen LogP contribution in [0.2, 0.25) is 0 Å². The van der Waals surface area contributed by atoms with Gasteiger partial charge in [0.05, 0.1) is 18.8 Å². The molecule has 0 fully saturated rings. The van der Waals surface area contributed by atoms with Crippen molar-refractivity contribution in [2.45, 2.75) is 46.5 Å². The second-order valence-electron chi connectivity index (χ2n) is 7.00. The van der Waals surface area contributed by atoms with Gasteiger partial charge in [-0.15, -0.1) is 0 Å². The predicted molar refractivity (Wildman–Crippen MR) is 117 cm³/mol. The summed E-state index contributed by atoms with van der Waals surface area (Å²) in [6, 6.07) is 12.5. The van der Waals surface area contributed by atoms with E-state index in [0.29, 0.717) is 41.9 Å². The van der Waals surface area contributed by atoms with Gasteiger partial charge in [0.2, 0.25) is 0 Å². The van der Waals surface area contributed by atoms with Crippen LogP contribution >= 0.6 is 0 Å². The molecule has 30 heavy (non-hydrogen) atoms. The summed E-state index contributed by atoms with van der Waals surface area (Å²) in [6.07, 6.45) is 1.92. The lowest BCUT2D eigenvalue weighted by Crippen LogP contribution is -2.21. The highest BCUT2D eigenvalue weighted by atomic mass is 16.5. The lowest BCUT2D eigenvalue weighted by molar-refractivity contribution is -0.119. The maximum atomic E-state index is 12.3. The van der Waals surface area contributed by atoms with E-state index in [9.17, 15) is 9.59 Å². The highest BCUT2D eigenvalue weighted by Crippen LogP contribution is 2.29. The lowest BCUT2D eigenvalue weighted by Gasteiger charge is -2.13. The zero-order chi connectivity index (χ0) is 21.9. The molecule has 2 aromatic carbocycles. The van der Waals surface area contributed by atoms with Gasteiger partial charge >= 0.3 is 5.97 Å². The van der Waals surface area contributed by atoms with Crippen molar-refractivity contribution in [2.24, 2.45) is 0 Å². The van der Waals surface area contributed by atoms with E-state index in [1.807, 2.05) is 38.1 Å². The Morgan fingerprint density at radius 3 is 2.33 bits per heavy atom. The minimum Gasteiger partial charge on any atom is -0.490 e. The first-order valence-electron chi connectivity index (χ1n) is 10.4. The van der Waals surface area contributed by atoms with Gasteiger partial charge in [-0.25, -0.2) is 4.79 Å². The normalized spacial score (nSPS) is 11.5. The van der Waals surface area contributed by atoms with Gasteiger partial charge in [-0.3, -0.25) is 4.79 Å². The number of hydrogen-bond acceptors (Lipinski definition) is 5. The molecule has 162 valence electrons. The standard InChI is InChI=1S/C24H31NO5/c1-5-14-29-21-13-10-19(15-22(21)28-7-3)24(27)30-16-23(26)25-20-11-8-18(9-12-20)17(4)6-2/h8-13,15,17H,5-7,14,16H2,1-4H3,(H,25,26)/t17-/m0/s1. The number of hydrogen-bond donors (Lipinski definition) is 1. The summed E-state index contributed by atoms with van der Waals surface area (Å²) < 4.78 is 16.3. The third-order valence-corrected chi connectivity index (χ3v) is 4.65. The number of amides is 1. The molecule has 0 radical (unpaired) electrons. The summed E-state index contributed by atoms with van der Waals surface area (Å²) in [4.78, 5) is 24.5. The molecule has 1 atom stereocenters. The molecule has 2 rings (SSSR count). The molecule has 6 heteroatoms. The third kappa shape index (κ3) is 6.79. The van der Waals surface area contributed by atoms with Crippen LogP contribution in [0.15, 0.2) is 42.5 Å². The van der Waals surface area contributed by atoms with Gasteiger partial charge in [0.15, 0.2) is 18.1 Å². The van der Waals surface area contributed by atoms with E-state index in [1.165, 1.54) is 5.56 Å². The number of anilines is 1. The molecule has 0 unspecified atom stereocenters. The molecule has 0 heterocycles. The van der Waals surface area contributed by atoms with E-state index in [0.717, 1.165) is 12.8 Å². The van der Waals surface area contributed by atoms with E-state index in [4.69, 9.17) is 14.2 Å². The van der Waals surface area contributed by atoms with Gasteiger partial charge in [0, 0.05) is 5.69 Å². The molecule has 0 spiro atoms. The van der Waals surface area contributed by atoms with Gasteiger partial charge in [-0.1, -0.05) is 32.9 Å². The fraction of sp³-hybridized carbons (Fsp3) is 0.417. The highest BCUT2D eigenvalue weighted by Gasteiger charge is 2.14. The molecule has 0 saturated heterocycles. The van der Waals surface area contributed by atoms with Crippen LogP contribution in [-0.2, 0) is 9.53 Å². The van der Waals surface area contributed by atoms with E-state index in [-0.39, 0.29) is 6.61 Å². The lowest BCUT2D eigenvalue weighted by atomic mass is 9.99. The van der Waals surface area contributed by atoms with Crippen LogP contribution in [-0.4, -0.2) is 31.7 Å². The maximum absolute atomic E-state index is 12.3. The van der Waals surface area contributed by atoms with Crippen molar-refractivity contribution in [3.63, 3.8) is 0 Å². The van der Waals surface area contributed by atoms with Crippen molar-refractivity contribution in [2.75, 3.05) is 25.1 Å². The largest absolute Gasteiger partial charge is 0.490 e. The number of carbonyl (C=O) groups is 2. The van der Waals surface area contributed by atoms with Crippen LogP contribution in [0.4, 0.5) is 5.69 Å². The summed E-state index contributed by atoms with van der Waals surface area (Å²) in [5.74, 6) is 0.531. The first kappa shape index (κ1) is 23.3. The maximum Gasteiger partial charge on any atom is 0.338 e. The van der Waals surface area contributed by atoms with Crippen molar-refractivity contribution >= 4 is 17.6 Å². The summed E-state index contributed by atoms with van der Waals surface area (Å²) in [5, 5.41) is 2.74. The fourth-order valence-corrected chi connectivity index (χ4v) is 2.78. The number of ether oxygens (including phenoxy) is 3. The van der Waals surface area contributed by atoms with Crippen molar-refractivity contribution in [1.29, 1.82) is 0 Å². The molecule has 0 aliphatic rings. The summed E-state index contributed by atoms with van der Waals surface area (Å²) in [7, 11) is 0. The second kappa shape index (κ2) is 11.9. The zero-order valence-corrected chi connectivity index (χ0v) is 18.2. The number of carbonyl (C=O) groups excluding carboxylic acids is 2. The summed E-state index contributed by atoms with van der Waals surface area (Å²) >= 11 is 0. The molecule has 1 amide bonds. The Morgan fingerprint density at radius 2 is 1.70 bits per heavy atom. The van der Waals surface area contributed by atoms with Crippen molar-refractivity contribution in [3.05, 3.63) is 53.6 Å². The fourth-order valence-electron chi connectivity index (χ4n) is 2.78. The number of nitrogens with one attached hydrogen (secondary N) is 1. The van der Waals surface area contributed by atoms with Crippen LogP contribution in [0.5, 0.6) is 11.5 Å². The topological polar surface area (TPSA) is 73.9 Å². The highest BCUT2D eigenvalue weighted by molar-refractivity contribution is 5.95. The van der Waals surface area contributed by atoms with E-state index in [1.54, 1.807) is 18.2 Å². The summed E-state index contributed by atoms with van der Waals surface area (Å²) in [6.45, 7) is 8.79. The number of rotatable bonds is 11. The van der Waals surface area contributed by atoms with Crippen molar-refractivity contribution in [3.8, 4) is 11.5 Å². The van der Waals surface area contributed by atoms with Gasteiger partial charge in [0.1, 0.15) is 0 Å². The Bertz CT molecular complexity index is 832. The third-order valence-electron chi connectivity index (χ3n) is 4.65. The molecular weight excluding hydrogens is 382 g/mol. The molecule has 1 N–H and O–H groups in total. The molecule has 2 aromatic rings. The quantitative estimate of drug-likeness (QED) is 0.514. The van der Waals surface area contributed by atoms with Crippen molar-refractivity contribution < 1.29 is 23.8 Å². The Kier molecular flexibility index (Phi) is 9.19. The molecule has 0 saturated carbocycles. The Morgan fingerprint density at radius 1 is 0.967 bits per heavy atom. The first-order chi connectivity index (χ1) is 14.5. The average molecular weight is 414 g/mol. The predicted octanol–water partition coefficient (Wildman–Crippen LogP) is 5.18. The van der Waals surface area contributed by atoms with E-state index in [2.05, 4.69) is 19.2 Å². The smallest absolute Gasteiger partial charge is 0.338 e. The molecule has 0 aromatic heterocycles. The van der Waals surface area contributed by atoms with E-state index >= 15 is 0 Å². The van der Waals surface area contributed by atoms with Gasteiger partial charge in [0.25, 0.3) is 5.91 Å². The molecule has 6 nitrogen and oxygen atoms in total. The van der Waals surface area contributed by atoms with E-state index < -0.39 is 11.9 Å². The monoisotopic (exact) mass is 413 g/mol. The molecular formula is C24H31NO5. The Labute approximate surface area is 178 Å². The van der Waals surface area contributed by atoms with Gasteiger partial charge < -0.3 is 19.5 Å². The number of esters is 1. The minimum atomic E-state index is -0.597. The Balaban J connectivity index is 1.92. The molecule has 0 aliphatic heterocycles. The zero-order valence-electron chi connectivity index (χ0n) is 18.2. The van der Waals surface area contributed by atoms with Crippen LogP contribution in [0.1, 0.15) is 62.4 Å². The molecule has 0 aliphatic carbocycles. The van der Waals surface area contributed by atoms with Crippen LogP contribution < -0.4 is 14.8 Å². The van der Waals surface area contributed by atoms with Gasteiger partial charge in [-0.05, 0) is 61.6 Å².